The molecular formula is C12H23N3. The van der Waals surface area contributed by atoms with Crippen LogP contribution in [0.5, 0.6) is 0 Å². The first kappa shape index (κ1) is 12.2. The number of hydrogen-bond donors (Lipinski definition) is 1. The molecule has 0 saturated carbocycles. The summed E-state index contributed by atoms with van der Waals surface area (Å²) in [6.07, 6.45) is 6.63. The molecule has 1 aromatic heterocycles. The molecule has 0 radical (unpaired) electrons. The van der Waals surface area contributed by atoms with E-state index in [1.54, 1.807) is 0 Å². The summed E-state index contributed by atoms with van der Waals surface area (Å²) in [6.45, 7) is 7.70. The van der Waals surface area contributed by atoms with Crippen molar-refractivity contribution in [3.63, 3.8) is 0 Å². The second-order valence-electron chi connectivity index (χ2n) is 4.40. The molecule has 3 heteroatoms. The number of hydrogen-bond acceptors (Lipinski definition) is 2. The van der Waals surface area contributed by atoms with Crippen LogP contribution in [-0.4, -0.2) is 16.8 Å². The smallest absolute Gasteiger partial charge is 0.0537 e. The minimum Gasteiger partial charge on any atom is -0.313 e. The van der Waals surface area contributed by atoms with Gasteiger partial charge in [0.1, 0.15) is 0 Å². The fourth-order valence-electron chi connectivity index (χ4n) is 1.77. The molecule has 0 saturated heterocycles. The van der Waals surface area contributed by atoms with E-state index in [-0.39, 0.29) is 0 Å². The Labute approximate surface area is 92.9 Å². The van der Waals surface area contributed by atoms with E-state index in [9.17, 15) is 0 Å². The number of rotatable bonds is 6. The van der Waals surface area contributed by atoms with Crippen LogP contribution in [0.15, 0.2) is 12.4 Å². The summed E-state index contributed by atoms with van der Waals surface area (Å²) in [4.78, 5) is 0. The fourth-order valence-corrected chi connectivity index (χ4v) is 1.77. The van der Waals surface area contributed by atoms with E-state index in [2.05, 4.69) is 42.1 Å². The summed E-state index contributed by atoms with van der Waals surface area (Å²) < 4.78 is 2.06. The second-order valence-corrected chi connectivity index (χ2v) is 4.40. The van der Waals surface area contributed by atoms with E-state index in [0.29, 0.717) is 12.0 Å². The number of aromatic nitrogens is 2. The van der Waals surface area contributed by atoms with Crippen LogP contribution in [0.25, 0.3) is 0 Å². The van der Waals surface area contributed by atoms with Crippen molar-refractivity contribution in [2.24, 2.45) is 5.92 Å². The average molecular weight is 209 g/mol. The van der Waals surface area contributed by atoms with Gasteiger partial charge in [-0.15, -0.1) is 0 Å². The van der Waals surface area contributed by atoms with Crippen LogP contribution in [0, 0.1) is 5.92 Å². The molecule has 0 bridgehead atoms. The van der Waals surface area contributed by atoms with Crippen LogP contribution < -0.4 is 5.32 Å². The van der Waals surface area contributed by atoms with E-state index in [4.69, 9.17) is 0 Å². The lowest BCUT2D eigenvalue weighted by Gasteiger charge is -2.10. The van der Waals surface area contributed by atoms with E-state index < -0.39 is 0 Å². The van der Waals surface area contributed by atoms with Crippen molar-refractivity contribution < 1.29 is 0 Å². The number of nitrogens with one attached hydrogen (secondary N) is 1. The molecule has 1 rings (SSSR count). The Bertz CT molecular complexity index is 280. The topological polar surface area (TPSA) is 29.9 Å². The zero-order valence-electron chi connectivity index (χ0n) is 10.3. The van der Waals surface area contributed by atoms with Gasteiger partial charge in [-0.3, -0.25) is 4.68 Å². The van der Waals surface area contributed by atoms with Crippen LogP contribution >= 0.6 is 0 Å². The maximum atomic E-state index is 4.38. The lowest BCUT2D eigenvalue weighted by atomic mass is 10.1. The summed E-state index contributed by atoms with van der Waals surface area (Å²) in [7, 11) is 1.97. The highest BCUT2D eigenvalue weighted by atomic mass is 15.3. The standard InChI is InChI=1S/C12H23N3/c1-5-6-10(2)8-15-9-12(7-14-15)11(3)13-4/h7,9-11,13H,5-6,8H2,1-4H3. The molecule has 0 aromatic carbocycles. The molecule has 3 nitrogen and oxygen atoms in total. The molecule has 0 aliphatic carbocycles. The fraction of sp³-hybridized carbons (Fsp3) is 0.750. The molecule has 0 amide bonds. The summed E-state index contributed by atoms with van der Waals surface area (Å²) in [5.41, 5.74) is 1.26. The lowest BCUT2D eigenvalue weighted by Crippen LogP contribution is -2.12. The highest BCUT2D eigenvalue weighted by Crippen LogP contribution is 2.12. The van der Waals surface area contributed by atoms with Gasteiger partial charge in [0, 0.05) is 24.3 Å². The molecule has 1 N–H and O–H groups in total. The van der Waals surface area contributed by atoms with E-state index in [0.717, 1.165) is 6.54 Å². The van der Waals surface area contributed by atoms with Gasteiger partial charge in [0.25, 0.3) is 0 Å². The molecule has 2 atom stereocenters. The molecule has 15 heavy (non-hydrogen) atoms. The Morgan fingerprint density at radius 2 is 2.20 bits per heavy atom. The van der Waals surface area contributed by atoms with Crippen LogP contribution in [0.3, 0.4) is 0 Å². The molecule has 0 aliphatic rings. The predicted molar refractivity (Wildman–Crippen MR) is 63.8 cm³/mol. The van der Waals surface area contributed by atoms with Crippen molar-refractivity contribution in [2.45, 2.75) is 46.2 Å². The zero-order valence-corrected chi connectivity index (χ0v) is 10.3. The molecule has 1 aromatic rings. The summed E-state index contributed by atoms with van der Waals surface area (Å²) in [5, 5.41) is 7.60. The van der Waals surface area contributed by atoms with Crippen LogP contribution in [0.1, 0.15) is 45.2 Å². The van der Waals surface area contributed by atoms with Crippen molar-refractivity contribution in [3.05, 3.63) is 18.0 Å². The van der Waals surface area contributed by atoms with Gasteiger partial charge in [-0.1, -0.05) is 20.3 Å². The third kappa shape index (κ3) is 3.67. The van der Waals surface area contributed by atoms with Gasteiger partial charge in [-0.2, -0.15) is 5.10 Å². The zero-order chi connectivity index (χ0) is 11.3. The molecule has 1 heterocycles. The van der Waals surface area contributed by atoms with Crippen LogP contribution in [-0.2, 0) is 6.54 Å². The van der Waals surface area contributed by atoms with Gasteiger partial charge < -0.3 is 5.32 Å². The molecule has 0 fully saturated rings. The van der Waals surface area contributed by atoms with Gasteiger partial charge in [-0.05, 0) is 26.3 Å². The Morgan fingerprint density at radius 1 is 1.47 bits per heavy atom. The Balaban J connectivity index is 2.52. The lowest BCUT2D eigenvalue weighted by molar-refractivity contribution is 0.420. The Kier molecular flexibility index (Phi) is 4.82. The maximum Gasteiger partial charge on any atom is 0.0537 e. The minimum atomic E-state index is 0.389. The minimum absolute atomic E-state index is 0.389. The third-order valence-corrected chi connectivity index (χ3v) is 2.87. The molecular weight excluding hydrogens is 186 g/mol. The highest BCUT2D eigenvalue weighted by molar-refractivity contribution is 5.08. The second kappa shape index (κ2) is 5.91. The van der Waals surface area contributed by atoms with Crippen molar-refractivity contribution in [2.75, 3.05) is 7.05 Å². The monoisotopic (exact) mass is 209 g/mol. The molecule has 0 aliphatic heterocycles. The predicted octanol–water partition coefficient (Wildman–Crippen LogP) is 2.60. The van der Waals surface area contributed by atoms with Crippen molar-refractivity contribution in [3.8, 4) is 0 Å². The highest BCUT2D eigenvalue weighted by Gasteiger charge is 2.07. The van der Waals surface area contributed by atoms with Crippen molar-refractivity contribution >= 4 is 0 Å². The van der Waals surface area contributed by atoms with Crippen molar-refractivity contribution in [1.29, 1.82) is 0 Å². The largest absolute Gasteiger partial charge is 0.313 e. The van der Waals surface area contributed by atoms with Crippen molar-refractivity contribution in [1.82, 2.24) is 15.1 Å². The quantitative estimate of drug-likeness (QED) is 0.780. The summed E-state index contributed by atoms with van der Waals surface area (Å²) in [5.74, 6) is 0.715. The summed E-state index contributed by atoms with van der Waals surface area (Å²) >= 11 is 0. The Hall–Kier alpha value is -0.830. The average Bonchev–Trinajstić information content (AvgIpc) is 2.65. The van der Waals surface area contributed by atoms with E-state index in [1.165, 1.54) is 18.4 Å². The van der Waals surface area contributed by atoms with E-state index >= 15 is 0 Å². The number of nitrogens with zero attached hydrogens (tertiary/aromatic N) is 2. The first-order chi connectivity index (χ1) is 7.17. The van der Waals surface area contributed by atoms with Gasteiger partial charge in [-0.25, -0.2) is 0 Å². The van der Waals surface area contributed by atoms with E-state index in [1.807, 2.05) is 13.2 Å². The first-order valence-electron chi connectivity index (χ1n) is 5.87. The van der Waals surface area contributed by atoms with Gasteiger partial charge in [0.05, 0.1) is 6.20 Å². The first-order valence-corrected chi connectivity index (χ1v) is 5.87. The maximum absolute atomic E-state index is 4.38. The third-order valence-electron chi connectivity index (χ3n) is 2.87. The normalized spacial score (nSPS) is 15.2. The van der Waals surface area contributed by atoms with Crippen LogP contribution in [0.2, 0.25) is 0 Å². The Morgan fingerprint density at radius 3 is 2.80 bits per heavy atom. The molecule has 2 unspecified atom stereocenters. The van der Waals surface area contributed by atoms with Gasteiger partial charge in [0.2, 0.25) is 0 Å². The molecule has 86 valence electrons. The van der Waals surface area contributed by atoms with Crippen LogP contribution in [0.4, 0.5) is 0 Å². The van der Waals surface area contributed by atoms with Gasteiger partial charge >= 0.3 is 0 Å². The SMILES string of the molecule is CCCC(C)Cn1cc(C(C)NC)cn1. The summed E-state index contributed by atoms with van der Waals surface area (Å²) in [6, 6.07) is 0.389. The van der Waals surface area contributed by atoms with Gasteiger partial charge in [0.15, 0.2) is 0 Å². The molecule has 0 spiro atoms.